The Morgan fingerprint density at radius 1 is 1.30 bits per heavy atom. The van der Waals surface area contributed by atoms with Gasteiger partial charge in [0, 0.05) is 37.3 Å². The number of carbonyl (C=O) groups is 1. The normalized spacial score (nSPS) is 18.6. The monoisotopic (exact) mass is 339 g/mol. The Kier molecular flexibility index (Phi) is 5.44. The Bertz CT molecular complexity index is 651. The zero-order valence-electron chi connectivity index (χ0n) is 13.7. The molecule has 2 rings (SSSR count). The Hall–Kier alpha value is -1.44. The Labute approximate surface area is 138 Å². The van der Waals surface area contributed by atoms with Crippen LogP contribution in [0.3, 0.4) is 0 Å². The van der Waals surface area contributed by atoms with Crippen molar-refractivity contribution in [1.29, 1.82) is 0 Å². The smallest absolute Gasteiger partial charge is 0.251 e. The molecule has 1 aromatic carbocycles. The van der Waals surface area contributed by atoms with Crippen molar-refractivity contribution in [3.8, 4) is 0 Å². The van der Waals surface area contributed by atoms with Gasteiger partial charge in [-0.25, -0.2) is 8.42 Å². The van der Waals surface area contributed by atoms with Gasteiger partial charge in [-0.1, -0.05) is 12.1 Å². The van der Waals surface area contributed by atoms with E-state index in [1.807, 2.05) is 32.0 Å². The molecule has 1 heterocycles. The number of sulfone groups is 1. The van der Waals surface area contributed by atoms with Crippen molar-refractivity contribution < 1.29 is 13.2 Å². The number of hydrogen-bond acceptors (Lipinski definition) is 5. The van der Waals surface area contributed by atoms with Gasteiger partial charge in [0.1, 0.15) is 0 Å². The van der Waals surface area contributed by atoms with Crippen LogP contribution >= 0.6 is 0 Å². The molecule has 0 saturated carbocycles. The number of nitrogens with two attached hydrogens (primary N) is 1. The van der Waals surface area contributed by atoms with Crippen molar-refractivity contribution in [2.24, 2.45) is 5.73 Å². The molecule has 7 heteroatoms. The van der Waals surface area contributed by atoms with E-state index in [4.69, 9.17) is 5.73 Å². The highest BCUT2D eigenvalue weighted by Crippen LogP contribution is 2.12. The predicted octanol–water partition coefficient (Wildman–Crippen LogP) is 0.384. The summed E-state index contributed by atoms with van der Waals surface area (Å²) in [6.45, 7) is 5.85. The average molecular weight is 339 g/mol. The first-order chi connectivity index (χ1) is 10.6. The highest BCUT2D eigenvalue weighted by atomic mass is 32.2. The summed E-state index contributed by atoms with van der Waals surface area (Å²) in [5.41, 5.74) is 7.01. The number of carbonyl (C=O) groups excluding carboxylic acids is 1. The summed E-state index contributed by atoms with van der Waals surface area (Å²) in [5.74, 6) is 0.268. The molecule has 0 bridgehead atoms. The molecular weight excluding hydrogens is 314 g/mol. The highest BCUT2D eigenvalue weighted by molar-refractivity contribution is 7.91. The van der Waals surface area contributed by atoms with Gasteiger partial charge in [0.2, 0.25) is 0 Å². The minimum Gasteiger partial charge on any atom is -0.350 e. The molecule has 0 unspecified atom stereocenters. The first kappa shape index (κ1) is 17.9. The zero-order chi connectivity index (χ0) is 17.1. The molecule has 1 aromatic rings. The van der Waals surface area contributed by atoms with Gasteiger partial charge in [0.15, 0.2) is 9.84 Å². The molecule has 1 aliphatic rings. The summed E-state index contributed by atoms with van der Waals surface area (Å²) in [7, 11) is -2.87. The van der Waals surface area contributed by atoms with Crippen LogP contribution in [0.15, 0.2) is 24.3 Å². The summed E-state index contributed by atoms with van der Waals surface area (Å²) < 4.78 is 22.9. The van der Waals surface area contributed by atoms with E-state index in [1.54, 1.807) is 6.07 Å². The maximum absolute atomic E-state index is 12.2. The third-order valence-corrected chi connectivity index (χ3v) is 5.35. The van der Waals surface area contributed by atoms with E-state index in [2.05, 4.69) is 10.2 Å². The van der Waals surface area contributed by atoms with Crippen LogP contribution in [0.1, 0.15) is 29.8 Å². The number of nitrogens with one attached hydrogen (secondary N) is 1. The van der Waals surface area contributed by atoms with E-state index in [0.717, 1.165) is 5.56 Å². The number of amides is 1. The van der Waals surface area contributed by atoms with Crippen molar-refractivity contribution in [2.75, 3.05) is 31.1 Å². The maximum atomic E-state index is 12.2. The van der Waals surface area contributed by atoms with E-state index in [9.17, 15) is 13.2 Å². The van der Waals surface area contributed by atoms with Crippen LogP contribution < -0.4 is 11.1 Å². The molecule has 1 saturated heterocycles. The second kappa shape index (κ2) is 6.98. The van der Waals surface area contributed by atoms with Crippen molar-refractivity contribution in [1.82, 2.24) is 10.2 Å². The van der Waals surface area contributed by atoms with Crippen molar-refractivity contribution >= 4 is 15.7 Å². The third-order valence-electron chi connectivity index (χ3n) is 3.74. The summed E-state index contributed by atoms with van der Waals surface area (Å²) in [4.78, 5) is 14.3. The lowest BCUT2D eigenvalue weighted by molar-refractivity contribution is 0.0946. The molecule has 3 N–H and O–H groups in total. The molecule has 0 aliphatic carbocycles. The topological polar surface area (TPSA) is 92.5 Å². The van der Waals surface area contributed by atoms with E-state index >= 15 is 0 Å². The van der Waals surface area contributed by atoms with Crippen molar-refractivity contribution in [3.63, 3.8) is 0 Å². The van der Waals surface area contributed by atoms with E-state index in [-0.39, 0.29) is 17.4 Å². The van der Waals surface area contributed by atoms with E-state index in [1.165, 1.54) is 0 Å². The van der Waals surface area contributed by atoms with Crippen molar-refractivity contribution in [3.05, 3.63) is 35.4 Å². The van der Waals surface area contributed by atoms with Gasteiger partial charge < -0.3 is 11.1 Å². The van der Waals surface area contributed by atoms with Crippen LogP contribution in [0.2, 0.25) is 0 Å². The molecule has 0 atom stereocenters. The molecule has 6 nitrogen and oxygen atoms in total. The van der Waals surface area contributed by atoms with Crippen LogP contribution in [0, 0.1) is 0 Å². The van der Waals surface area contributed by atoms with Crippen LogP contribution in [0.5, 0.6) is 0 Å². The Morgan fingerprint density at radius 2 is 1.96 bits per heavy atom. The fraction of sp³-hybridized carbons (Fsp3) is 0.562. The lowest BCUT2D eigenvalue weighted by Crippen LogP contribution is -2.45. The van der Waals surface area contributed by atoms with Gasteiger partial charge in [-0.3, -0.25) is 9.69 Å². The molecule has 0 aromatic heterocycles. The second-order valence-electron chi connectivity index (χ2n) is 6.80. The molecule has 23 heavy (non-hydrogen) atoms. The molecule has 1 fully saturated rings. The molecule has 0 radical (unpaired) electrons. The lowest BCUT2D eigenvalue weighted by atomic mass is 10.1. The van der Waals surface area contributed by atoms with E-state index in [0.29, 0.717) is 31.7 Å². The SMILES string of the molecule is CC(C)(N)CNC(=O)c1cccc(CN2CCS(=O)(=O)CC2)c1. The summed E-state index contributed by atoms with van der Waals surface area (Å²) >= 11 is 0. The van der Waals surface area contributed by atoms with Gasteiger partial charge in [-0.15, -0.1) is 0 Å². The second-order valence-corrected chi connectivity index (χ2v) is 9.10. The first-order valence-electron chi connectivity index (χ1n) is 7.73. The van der Waals surface area contributed by atoms with Gasteiger partial charge in [0.25, 0.3) is 5.91 Å². The molecular formula is C16H25N3O3S. The fourth-order valence-corrected chi connectivity index (χ4v) is 3.66. The summed E-state index contributed by atoms with van der Waals surface area (Å²) in [6, 6.07) is 7.41. The maximum Gasteiger partial charge on any atom is 0.251 e. The van der Waals surface area contributed by atoms with Crippen LogP contribution in [-0.2, 0) is 16.4 Å². The van der Waals surface area contributed by atoms with E-state index < -0.39 is 15.4 Å². The largest absolute Gasteiger partial charge is 0.350 e. The zero-order valence-corrected chi connectivity index (χ0v) is 14.5. The minimum absolute atomic E-state index is 0.147. The molecule has 128 valence electrons. The lowest BCUT2D eigenvalue weighted by Gasteiger charge is -2.26. The highest BCUT2D eigenvalue weighted by Gasteiger charge is 2.21. The van der Waals surface area contributed by atoms with Crippen LogP contribution in [0.4, 0.5) is 0 Å². The standard InChI is InChI=1S/C16H25N3O3S/c1-16(2,17)12-18-15(20)14-5-3-4-13(10-14)11-19-6-8-23(21,22)9-7-19/h3-5,10H,6-9,11-12,17H2,1-2H3,(H,18,20). The van der Waals surface area contributed by atoms with Gasteiger partial charge in [-0.05, 0) is 31.5 Å². The summed E-state index contributed by atoms with van der Waals surface area (Å²) in [5, 5.41) is 2.82. The first-order valence-corrected chi connectivity index (χ1v) is 9.56. The van der Waals surface area contributed by atoms with Gasteiger partial charge in [0.05, 0.1) is 11.5 Å². The average Bonchev–Trinajstić information content (AvgIpc) is 2.46. The van der Waals surface area contributed by atoms with Crippen LogP contribution in [0.25, 0.3) is 0 Å². The predicted molar refractivity (Wildman–Crippen MR) is 91.0 cm³/mol. The Morgan fingerprint density at radius 3 is 2.57 bits per heavy atom. The quantitative estimate of drug-likeness (QED) is 0.809. The minimum atomic E-state index is -2.87. The van der Waals surface area contributed by atoms with Gasteiger partial charge >= 0.3 is 0 Å². The molecule has 1 amide bonds. The fourth-order valence-electron chi connectivity index (χ4n) is 2.39. The molecule has 1 aliphatic heterocycles. The number of rotatable bonds is 5. The van der Waals surface area contributed by atoms with Crippen molar-refractivity contribution in [2.45, 2.75) is 25.9 Å². The number of hydrogen-bond donors (Lipinski definition) is 2. The third kappa shape index (κ3) is 5.93. The molecule has 0 spiro atoms. The Balaban J connectivity index is 1.96. The van der Waals surface area contributed by atoms with Crippen LogP contribution in [-0.4, -0.2) is 55.9 Å². The number of benzene rings is 1. The summed E-state index contributed by atoms with van der Waals surface area (Å²) in [6.07, 6.45) is 0. The number of nitrogens with zero attached hydrogens (tertiary/aromatic N) is 1. The van der Waals surface area contributed by atoms with Gasteiger partial charge in [-0.2, -0.15) is 0 Å².